The van der Waals surface area contributed by atoms with Gasteiger partial charge in [0, 0.05) is 19.3 Å². The van der Waals surface area contributed by atoms with Crippen LogP contribution in [-0.2, 0) is 17.8 Å². The van der Waals surface area contributed by atoms with Crippen LogP contribution in [0.3, 0.4) is 0 Å². The normalized spacial score (nSPS) is 10.5. The number of carbonyl (C=O) groups excluding carboxylic acids is 1. The minimum absolute atomic E-state index is 0.0737. The molecule has 3 nitrogen and oxygen atoms in total. The van der Waals surface area contributed by atoms with E-state index < -0.39 is 0 Å². The number of para-hydroxylation sites is 1. The molecule has 0 unspecified atom stereocenters. The van der Waals surface area contributed by atoms with Crippen LogP contribution >= 0.6 is 0 Å². The molecule has 2 rings (SSSR count). The smallest absolute Gasteiger partial charge is 0.231 e. The Bertz CT molecular complexity index is 649. The molecule has 0 aliphatic carbocycles. The average Bonchev–Trinajstić information content (AvgIpc) is 2.50. The molecule has 3 heteroatoms. The molecule has 0 radical (unpaired) electrons. The van der Waals surface area contributed by atoms with E-state index in [0.29, 0.717) is 13.0 Å². The van der Waals surface area contributed by atoms with E-state index in [1.165, 1.54) is 5.56 Å². The fourth-order valence-electron chi connectivity index (χ4n) is 2.42. The predicted molar refractivity (Wildman–Crippen MR) is 87.4 cm³/mol. The number of likely N-dealkylation sites (N-methyl/N-ethyl adjacent to an activating group) is 1. The van der Waals surface area contributed by atoms with Gasteiger partial charge in [-0.25, -0.2) is 0 Å². The Morgan fingerprint density at radius 1 is 1.10 bits per heavy atom. The first-order valence-electron chi connectivity index (χ1n) is 7.13. The number of amides is 1. The molecule has 0 fully saturated rings. The zero-order valence-corrected chi connectivity index (χ0v) is 12.9. The van der Waals surface area contributed by atoms with Crippen molar-refractivity contribution in [2.75, 3.05) is 11.9 Å². The molecule has 0 saturated carbocycles. The predicted octanol–water partition coefficient (Wildman–Crippen LogP) is 2.97. The van der Waals surface area contributed by atoms with Gasteiger partial charge in [-0.15, -0.1) is 0 Å². The van der Waals surface area contributed by atoms with E-state index >= 15 is 0 Å². The number of hydrogen-bond donors (Lipinski definition) is 1. The summed E-state index contributed by atoms with van der Waals surface area (Å²) in [5.74, 6) is 0.0737. The maximum absolute atomic E-state index is 12.5. The summed E-state index contributed by atoms with van der Waals surface area (Å²) in [5.41, 5.74) is 11.0. The lowest BCUT2D eigenvalue weighted by molar-refractivity contribution is -0.117. The second-order valence-electron chi connectivity index (χ2n) is 5.39. The highest BCUT2D eigenvalue weighted by molar-refractivity contribution is 5.95. The van der Waals surface area contributed by atoms with E-state index in [1.807, 2.05) is 45.2 Å². The van der Waals surface area contributed by atoms with E-state index in [9.17, 15) is 4.79 Å². The van der Waals surface area contributed by atoms with Gasteiger partial charge in [0.1, 0.15) is 0 Å². The molecule has 0 spiro atoms. The number of hydrogen-bond acceptors (Lipinski definition) is 2. The summed E-state index contributed by atoms with van der Waals surface area (Å²) < 4.78 is 0. The Balaban J connectivity index is 2.21. The Morgan fingerprint density at radius 2 is 1.81 bits per heavy atom. The Labute approximate surface area is 126 Å². The first-order chi connectivity index (χ1) is 10.0. The molecule has 0 atom stereocenters. The van der Waals surface area contributed by atoms with Gasteiger partial charge >= 0.3 is 0 Å². The van der Waals surface area contributed by atoms with Crippen molar-refractivity contribution in [1.82, 2.24) is 0 Å². The molecule has 0 aliphatic heterocycles. The Hall–Kier alpha value is -2.13. The fraction of sp³-hybridized carbons (Fsp3) is 0.278. The van der Waals surface area contributed by atoms with E-state index in [-0.39, 0.29) is 5.91 Å². The van der Waals surface area contributed by atoms with Crippen LogP contribution < -0.4 is 10.6 Å². The summed E-state index contributed by atoms with van der Waals surface area (Å²) in [5, 5.41) is 0. The van der Waals surface area contributed by atoms with Gasteiger partial charge in [-0.05, 0) is 36.6 Å². The standard InChI is InChI=1S/C18H22N2O/c1-13-8-9-14(2)16(10-13)11-18(21)20(3)17-7-5-4-6-15(17)12-19/h4-10H,11-12,19H2,1-3H3. The summed E-state index contributed by atoms with van der Waals surface area (Å²) in [4.78, 5) is 14.2. The lowest BCUT2D eigenvalue weighted by atomic mass is 10.0. The number of benzene rings is 2. The van der Waals surface area contributed by atoms with Crippen molar-refractivity contribution in [3.05, 3.63) is 64.7 Å². The minimum Gasteiger partial charge on any atom is -0.326 e. The lowest BCUT2D eigenvalue weighted by Gasteiger charge is -2.21. The zero-order valence-electron chi connectivity index (χ0n) is 12.9. The SMILES string of the molecule is Cc1ccc(C)c(CC(=O)N(C)c2ccccc2CN)c1. The van der Waals surface area contributed by atoms with Crippen LogP contribution in [0.2, 0.25) is 0 Å². The highest BCUT2D eigenvalue weighted by Gasteiger charge is 2.15. The molecule has 0 bridgehead atoms. The summed E-state index contributed by atoms with van der Waals surface area (Å²) in [6.07, 6.45) is 0.406. The van der Waals surface area contributed by atoms with Crippen LogP contribution in [-0.4, -0.2) is 13.0 Å². The molecular formula is C18H22N2O. The van der Waals surface area contributed by atoms with Gasteiger partial charge in [-0.1, -0.05) is 42.0 Å². The quantitative estimate of drug-likeness (QED) is 0.937. The average molecular weight is 282 g/mol. The summed E-state index contributed by atoms with van der Waals surface area (Å²) in [6.45, 7) is 4.51. The molecule has 0 aromatic heterocycles. The van der Waals surface area contributed by atoms with E-state index in [1.54, 1.807) is 4.90 Å². The summed E-state index contributed by atoms with van der Waals surface area (Å²) in [6, 6.07) is 14.0. The first kappa shape index (κ1) is 15.3. The summed E-state index contributed by atoms with van der Waals surface area (Å²) >= 11 is 0. The minimum atomic E-state index is 0.0737. The Kier molecular flexibility index (Phi) is 4.76. The van der Waals surface area contributed by atoms with Crippen molar-refractivity contribution in [3.63, 3.8) is 0 Å². The van der Waals surface area contributed by atoms with Crippen LogP contribution in [0.15, 0.2) is 42.5 Å². The van der Waals surface area contributed by atoms with E-state index in [4.69, 9.17) is 5.73 Å². The van der Waals surface area contributed by atoms with Gasteiger partial charge in [-0.2, -0.15) is 0 Å². The van der Waals surface area contributed by atoms with Gasteiger partial charge in [0.2, 0.25) is 5.91 Å². The number of anilines is 1. The second kappa shape index (κ2) is 6.55. The lowest BCUT2D eigenvalue weighted by Crippen LogP contribution is -2.29. The summed E-state index contributed by atoms with van der Waals surface area (Å²) in [7, 11) is 1.81. The van der Waals surface area contributed by atoms with Crippen LogP contribution in [0.4, 0.5) is 5.69 Å². The third kappa shape index (κ3) is 3.50. The van der Waals surface area contributed by atoms with Gasteiger partial charge in [0.05, 0.1) is 6.42 Å². The molecule has 110 valence electrons. The fourth-order valence-corrected chi connectivity index (χ4v) is 2.42. The van der Waals surface area contributed by atoms with Gasteiger partial charge in [-0.3, -0.25) is 4.79 Å². The van der Waals surface area contributed by atoms with Crippen molar-refractivity contribution < 1.29 is 4.79 Å². The largest absolute Gasteiger partial charge is 0.326 e. The van der Waals surface area contributed by atoms with E-state index in [0.717, 1.165) is 22.4 Å². The van der Waals surface area contributed by atoms with Gasteiger partial charge in [0.25, 0.3) is 0 Å². The highest BCUT2D eigenvalue weighted by atomic mass is 16.2. The number of rotatable bonds is 4. The monoisotopic (exact) mass is 282 g/mol. The molecule has 0 aliphatic rings. The van der Waals surface area contributed by atoms with E-state index in [2.05, 4.69) is 18.2 Å². The topological polar surface area (TPSA) is 46.3 Å². The molecular weight excluding hydrogens is 260 g/mol. The Morgan fingerprint density at radius 3 is 2.52 bits per heavy atom. The molecule has 2 aromatic rings. The third-order valence-corrected chi connectivity index (χ3v) is 3.79. The molecule has 21 heavy (non-hydrogen) atoms. The van der Waals surface area contributed by atoms with Crippen LogP contribution in [0, 0.1) is 13.8 Å². The number of nitrogens with zero attached hydrogens (tertiary/aromatic N) is 1. The van der Waals surface area contributed by atoms with Crippen LogP contribution in [0.5, 0.6) is 0 Å². The number of carbonyl (C=O) groups is 1. The van der Waals surface area contributed by atoms with Crippen LogP contribution in [0.25, 0.3) is 0 Å². The van der Waals surface area contributed by atoms with Gasteiger partial charge < -0.3 is 10.6 Å². The van der Waals surface area contributed by atoms with Crippen molar-refractivity contribution in [1.29, 1.82) is 0 Å². The number of aryl methyl sites for hydroxylation is 2. The van der Waals surface area contributed by atoms with Crippen molar-refractivity contribution >= 4 is 11.6 Å². The maximum Gasteiger partial charge on any atom is 0.231 e. The maximum atomic E-state index is 12.5. The zero-order chi connectivity index (χ0) is 15.4. The molecule has 0 saturated heterocycles. The molecule has 2 aromatic carbocycles. The third-order valence-electron chi connectivity index (χ3n) is 3.79. The van der Waals surface area contributed by atoms with Gasteiger partial charge in [0.15, 0.2) is 0 Å². The van der Waals surface area contributed by atoms with Crippen molar-refractivity contribution in [3.8, 4) is 0 Å². The second-order valence-corrected chi connectivity index (χ2v) is 5.39. The highest BCUT2D eigenvalue weighted by Crippen LogP contribution is 2.20. The number of nitrogens with two attached hydrogens (primary N) is 1. The molecule has 0 heterocycles. The molecule has 2 N–H and O–H groups in total. The molecule has 1 amide bonds. The van der Waals surface area contributed by atoms with Crippen molar-refractivity contribution in [2.24, 2.45) is 5.73 Å². The van der Waals surface area contributed by atoms with Crippen molar-refractivity contribution in [2.45, 2.75) is 26.8 Å². The van der Waals surface area contributed by atoms with Crippen LogP contribution in [0.1, 0.15) is 22.3 Å². The first-order valence-corrected chi connectivity index (χ1v) is 7.13.